The number of nitrogens with zero attached hydrogens (tertiary/aromatic N) is 3. The summed E-state index contributed by atoms with van der Waals surface area (Å²) in [6, 6.07) is 9.81. The summed E-state index contributed by atoms with van der Waals surface area (Å²) in [5.74, 6) is -7.15. The highest BCUT2D eigenvalue weighted by atomic mass is 35.5. The summed E-state index contributed by atoms with van der Waals surface area (Å²) >= 11 is 5.81. The van der Waals surface area contributed by atoms with Crippen molar-refractivity contribution in [3.05, 3.63) is 69.7 Å². The molecule has 17 heteroatoms. The van der Waals surface area contributed by atoms with Gasteiger partial charge in [-0.1, -0.05) is 35.9 Å². The molecule has 2 aromatic rings. The fourth-order valence-electron chi connectivity index (χ4n) is 5.52. The molecule has 2 heterocycles. The van der Waals surface area contributed by atoms with Gasteiger partial charge in [-0.05, 0) is 40.5 Å². The Hall–Kier alpha value is -2.88. The van der Waals surface area contributed by atoms with Crippen molar-refractivity contribution in [1.29, 1.82) is 0 Å². The zero-order chi connectivity index (χ0) is 29.2. The summed E-state index contributed by atoms with van der Waals surface area (Å²) in [6.45, 7) is 0.109. The van der Waals surface area contributed by atoms with Crippen LogP contribution in [0.3, 0.4) is 0 Å². The number of amides is 4. The molecule has 3 unspecified atom stereocenters. The summed E-state index contributed by atoms with van der Waals surface area (Å²) in [6.07, 6.45) is 0. The Kier molecular flexibility index (Phi) is 7.20. The lowest BCUT2D eigenvalue weighted by molar-refractivity contribution is -0.155. The van der Waals surface area contributed by atoms with Gasteiger partial charge in [-0.15, -0.1) is 0 Å². The van der Waals surface area contributed by atoms with E-state index in [2.05, 4.69) is 0 Å². The number of carbonyl (C=O) groups is 4. The molecule has 7 nitrogen and oxygen atoms in total. The Morgan fingerprint density at radius 2 is 1.62 bits per heavy atom. The molecule has 2 aromatic carbocycles. The number of alkyl halides is 2. The predicted molar refractivity (Wildman–Crippen MR) is 162 cm³/mol. The van der Waals surface area contributed by atoms with Gasteiger partial charge in [-0.25, -0.2) is 0 Å². The maximum absolute atomic E-state index is 15.2. The quantitative estimate of drug-likeness (QED) is 0.284. The van der Waals surface area contributed by atoms with Crippen LogP contribution in [0, 0.1) is 0 Å². The fraction of sp³-hybridized carbons (Fsp3) is 0.273. The predicted octanol–water partition coefficient (Wildman–Crippen LogP) is -4.07. The second-order valence-corrected chi connectivity index (χ2v) is 11.6. The molecule has 0 radical (unpaired) electrons. The van der Waals surface area contributed by atoms with Crippen LogP contribution >= 0.6 is 11.6 Å². The average Bonchev–Trinajstić information content (AvgIpc) is 3.25. The summed E-state index contributed by atoms with van der Waals surface area (Å²) in [5.41, 5.74) is -0.159. The van der Waals surface area contributed by atoms with E-state index in [1.54, 1.807) is 57.4 Å². The molecule has 0 aliphatic carbocycles. The molecule has 4 amide bonds. The summed E-state index contributed by atoms with van der Waals surface area (Å²) in [5, 5.41) is -0.888. The molecule has 0 aromatic heterocycles. The van der Waals surface area contributed by atoms with Crippen LogP contribution in [0.4, 0.5) is 8.78 Å². The van der Waals surface area contributed by atoms with Crippen LogP contribution in [0.15, 0.2) is 42.5 Å². The normalized spacial score (nSPS) is 23.6. The molecule has 39 heavy (non-hydrogen) atoms. The van der Waals surface area contributed by atoms with E-state index < -0.39 is 45.7 Å². The van der Waals surface area contributed by atoms with E-state index in [0.29, 0.717) is 16.7 Å². The number of halogens is 3. The fourth-order valence-corrected chi connectivity index (χ4v) is 5.65. The highest BCUT2D eigenvalue weighted by molar-refractivity contribution is 6.48. The number of carbonyl (C=O) groups excluding carboxylic acids is 4. The molecule has 1 saturated heterocycles. The molecule has 0 saturated carbocycles. The molecule has 0 bridgehead atoms. The van der Waals surface area contributed by atoms with Crippen LogP contribution in [0.5, 0.6) is 0 Å². The number of rotatable bonds is 5. The van der Waals surface area contributed by atoms with Gasteiger partial charge in [0, 0.05) is 28.5 Å². The van der Waals surface area contributed by atoms with Gasteiger partial charge in [0.1, 0.15) is 39.2 Å². The van der Waals surface area contributed by atoms with E-state index in [4.69, 9.17) is 11.6 Å². The Morgan fingerprint density at radius 1 is 1.05 bits per heavy atom. The van der Waals surface area contributed by atoms with Crippen LogP contribution < -0.4 is 0 Å². The van der Waals surface area contributed by atoms with Crippen molar-refractivity contribution in [3.63, 3.8) is 0 Å². The molecule has 2 aliphatic heterocycles. The number of hydrogen-bond donors (Lipinski definition) is 0. The van der Waals surface area contributed by atoms with Gasteiger partial charge < -0.3 is 14.5 Å². The Morgan fingerprint density at radius 3 is 2.21 bits per heavy atom. The van der Waals surface area contributed by atoms with Gasteiger partial charge in [0.15, 0.2) is 0 Å². The molecule has 0 N–H and O–H groups in total. The van der Waals surface area contributed by atoms with E-state index in [9.17, 15) is 19.2 Å². The van der Waals surface area contributed by atoms with Gasteiger partial charge >= 0.3 is 5.92 Å². The standard InChI is InChI=1S/C22H25B7ClF2N3O4/c23-14-15(24)20(25,18(38)34(28)17(14)37)33-8-9-7-11(3-6-13(9)16(33)36)22(26,27)35(29)19(39)21(31,32)10-1-4-12(30)5-2-10/h1-7,14-15H,8,23-29H2. The number of fused-ring (bicyclic) bond motifs is 1. The van der Waals surface area contributed by atoms with E-state index in [1.165, 1.54) is 33.0 Å². The topological polar surface area (TPSA) is 78.0 Å². The SMILES string of the molecule is BC1C(=O)N(B)C(=O)C(B)(N2Cc3cc(C(B)(B)N(B)C(=O)C(F)(F)c4ccc(Cl)cc4)ccc3C2=O)C1B. The van der Waals surface area contributed by atoms with E-state index in [0.717, 1.165) is 21.8 Å². The van der Waals surface area contributed by atoms with Crippen molar-refractivity contribution < 1.29 is 28.0 Å². The third-order valence-electron chi connectivity index (χ3n) is 8.89. The Bertz CT molecular complexity index is 1400. The minimum atomic E-state index is -3.79. The summed E-state index contributed by atoms with van der Waals surface area (Å²) < 4.78 is 30.3. The lowest BCUT2D eigenvalue weighted by Crippen LogP contribution is -2.68. The van der Waals surface area contributed by atoms with Crippen LogP contribution in [0.1, 0.15) is 27.0 Å². The van der Waals surface area contributed by atoms with Gasteiger partial charge in [0.05, 0.1) is 5.44 Å². The Balaban J connectivity index is 1.64. The van der Waals surface area contributed by atoms with Crippen LogP contribution in [-0.4, -0.2) is 98.8 Å². The number of imide groups is 1. The van der Waals surface area contributed by atoms with Crippen molar-refractivity contribution in [1.82, 2.24) is 14.5 Å². The first kappa shape index (κ1) is 29.1. The van der Waals surface area contributed by atoms with E-state index in [-0.39, 0.29) is 23.4 Å². The molecule has 194 valence electrons. The highest BCUT2D eigenvalue weighted by Crippen LogP contribution is 2.44. The van der Waals surface area contributed by atoms with Crippen molar-refractivity contribution in [3.8, 4) is 0 Å². The second-order valence-electron chi connectivity index (χ2n) is 11.2. The monoisotopic (exact) mass is 545 g/mol. The third-order valence-corrected chi connectivity index (χ3v) is 9.14. The van der Waals surface area contributed by atoms with Crippen molar-refractivity contribution in [2.45, 2.75) is 34.9 Å². The van der Waals surface area contributed by atoms with Crippen molar-refractivity contribution in [2.24, 2.45) is 0 Å². The molecular formula is C22H25B7ClF2N3O4. The van der Waals surface area contributed by atoms with E-state index >= 15 is 8.78 Å². The number of piperidine rings is 1. The van der Waals surface area contributed by atoms with Gasteiger partial charge in [0.25, 0.3) is 11.8 Å². The smallest absolute Gasteiger partial charge is 0.348 e. The molecule has 2 aliphatic rings. The van der Waals surface area contributed by atoms with Crippen LogP contribution in [-0.2, 0) is 32.2 Å². The molecule has 3 atom stereocenters. The third kappa shape index (κ3) is 4.35. The highest BCUT2D eigenvalue weighted by Gasteiger charge is 2.56. The lowest BCUT2D eigenvalue weighted by Gasteiger charge is -2.50. The maximum Gasteiger partial charge on any atom is 0.348 e. The van der Waals surface area contributed by atoms with Crippen molar-refractivity contribution in [2.75, 3.05) is 0 Å². The zero-order valence-electron chi connectivity index (χ0n) is 23.0. The van der Waals surface area contributed by atoms with Crippen molar-refractivity contribution >= 4 is 90.4 Å². The lowest BCUT2D eigenvalue weighted by atomic mass is 9.48. The minimum Gasteiger partial charge on any atom is -0.393 e. The average molecular weight is 545 g/mol. The summed E-state index contributed by atoms with van der Waals surface area (Å²) in [7, 11) is 11.2. The first-order chi connectivity index (χ1) is 18.0. The number of hydrogen-bond acceptors (Lipinski definition) is 4. The first-order valence-electron chi connectivity index (χ1n) is 12.7. The second kappa shape index (κ2) is 9.64. The molecule has 0 spiro atoms. The van der Waals surface area contributed by atoms with Gasteiger partial charge in [-0.3, -0.25) is 19.2 Å². The number of benzene rings is 2. The minimum absolute atomic E-state index is 0.109. The largest absolute Gasteiger partial charge is 0.393 e. The molecule has 1 fully saturated rings. The Labute approximate surface area is 237 Å². The maximum atomic E-state index is 15.2. The van der Waals surface area contributed by atoms with Gasteiger partial charge in [-0.2, -0.15) is 8.78 Å². The zero-order valence-corrected chi connectivity index (χ0v) is 23.8. The first-order valence-corrected chi connectivity index (χ1v) is 13.0. The van der Waals surface area contributed by atoms with Crippen LogP contribution in [0.2, 0.25) is 16.7 Å². The molecular weight excluding hydrogens is 519 g/mol. The molecule has 4 rings (SSSR count). The van der Waals surface area contributed by atoms with Crippen LogP contribution in [0.25, 0.3) is 0 Å². The summed E-state index contributed by atoms with van der Waals surface area (Å²) in [4.78, 5) is 55.9. The van der Waals surface area contributed by atoms with Gasteiger partial charge in [0.2, 0.25) is 27.8 Å². The van der Waals surface area contributed by atoms with E-state index in [1.807, 2.05) is 0 Å².